The second-order valence-electron chi connectivity index (χ2n) is 0.600. The Bertz CT molecular complexity index is 48.5. The normalized spacial score (nSPS) is 5.45. The van der Waals surface area contributed by atoms with Crippen LogP contribution in [0.3, 0.4) is 0 Å². The standard InChI is InChI=1S/Al.Fe.K.Mg.H4O4Si.2H2O.6H/c;;;;1-5(2,3)4;;;;;;;;/h;;;;1-4H;2*1H2;;;;;;/q;;+1;+2;;;;;;;3*-1. The van der Waals surface area contributed by atoms with Gasteiger partial charge in [0.15, 0.2) is 17.4 Å². The van der Waals surface area contributed by atoms with Crippen molar-refractivity contribution in [3.63, 3.8) is 0 Å². The van der Waals surface area contributed by atoms with Crippen molar-refractivity contribution >= 4 is 49.5 Å². The molecule has 0 saturated carbocycles. The van der Waals surface area contributed by atoms with Gasteiger partial charge in [0.05, 0.1) is 0 Å². The molecule has 0 bridgehead atoms. The van der Waals surface area contributed by atoms with E-state index in [1.807, 2.05) is 0 Å². The average Bonchev–Trinajstić information content (AvgIpc) is 0.722. The van der Waals surface area contributed by atoms with Crippen LogP contribution in [0.4, 0.5) is 0 Å². The van der Waals surface area contributed by atoms with E-state index in [1.165, 1.54) is 0 Å². The van der Waals surface area contributed by atoms with Crippen LogP contribution >= 0.6 is 0 Å². The Labute approximate surface area is 150 Å². The molecule has 0 spiro atoms. The van der Waals surface area contributed by atoms with Crippen molar-refractivity contribution in [1.82, 2.24) is 0 Å². The Morgan fingerprint density at radius 1 is 0.909 bits per heavy atom. The summed E-state index contributed by atoms with van der Waals surface area (Å²) in [6.07, 6.45) is 0. The molecule has 0 fully saturated rings. The van der Waals surface area contributed by atoms with Crippen LogP contribution in [0.5, 0.6) is 0 Å². The number of hydrogen-bond acceptors (Lipinski definition) is 4. The van der Waals surface area contributed by atoms with Gasteiger partial charge in [-0.3, -0.25) is 0 Å². The Morgan fingerprint density at radius 3 is 0.909 bits per heavy atom. The predicted molar refractivity (Wildman–Crippen MR) is 40.9 cm³/mol. The van der Waals surface area contributed by atoms with Crippen molar-refractivity contribution in [3.05, 3.63) is 0 Å². The van der Waals surface area contributed by atoms with Gasteiger partial charge in [-0.25, -0.2) is 0 Å². The van der Waals surface area contributed by atoms with E-state index in [4.69, 9.17) is 19.2 Å². The van der Waals surface area contributed by atoms with Crippen molar-refractivity contribution in [2.45, 2.75) is 0 Å². The minimum absolute atomic E-state index is 0. The number of hydrogen-bond donors (Lipinski definition) is 4. The fraction of sp³-hybridized carbons (Fsp3) is 0. The molecule has 6 nitrogen and oxygen atoms in total. The first-order valence-corrected chi connectivity index (χ1v) is 2.68. The summed E-state index contributed by atoms with van der Waals surface area (Å²) < 4.78 is 0. The van der Waals surface area contributed by atoms with E-state index >= 15 is 0 Å². The largest absolute Gasteiger partial charge is 2.00 e. The zero-order valence-corrected chi connectivity index (χ0v) is 12.0. The maximum absolute atomic E-state index is 7.33. The molecule has 8 N–H and O–H groups in total. The summed E-state index contributed by atoms with van der Waals surface area (Å²) in [6.45, 7) is 0. The van der Waals surface area contributed by atoms with Crippen LogP contribution in [0.1, 0.15) is 4.28 Å². The molecule has 0 aromatic rings. The minimum atomic E-state index is -4.61. The summed E-state index contributed by atoms with van der Waals surface area (Å²) >= 11 is 0. The Kier molecular flexibility index (Phi) is 100. The summed E-state index contributed by atoms with van der Waals surface area (Å²) in [5, 5.41) is 0. The van der Waals surface area contributed by atoms with Gasteiger partial charge in [-0.2, -0.15) is 0 Å². The van der Waals surface area contributed by atoms with Gasteiger partial charge in [0.1, 0.15) is 0 Å². The molecule has 0 aliphatic rings. The molecule has 0 saturated heterocycles. The summed E-state index contributed by atoms with van der Waals surface area (Å²) in [6, 6.07) is 0. The summed E-state index contributed by atoms with van der Waals surface area (Å²) in [5.74, 6) is 0. The van der Waals surface area contributed by atoms with Crippen LogP contribution in [0.2, 0.25) is 0 Å². The third-order valence-corrected chi connectivity index (χ3v) is 0. The van der Waals surface area contributed by atoms with E-state index in [9.17, 15) is 0 Å². The minimum Gasteiger partial charge on any atom is -1.00 e. The topological polar surface area (TPSA) is 144 Å². The van der Waals surface area contributed by atoms with E-state index in [0.717, 1.165) is 0 Å². The van der Waals surface area contributed by atoms with E-state index in [-0.39, 0.29) is 124 Å². The predicted octanol–water partition coefficient (Wildman–Crippen LogP) is -8.48. The van der Waals surface area contributed by atoms with Gasteiger partial charge in [-0.1, -0.05) is 0 Å². The second kappa shape index (κ2) is 23.3. The molecule has 0 amide bonds. The fourth-order valence-electron chi connectivity index (χ4n) is 0. The van der Waals surface area contributed by atoms with Crippen LogP contribution in [0, 0.1) is 0 Å². The first-order valence-electron chi connectivity index (χ1n) is 0.894. The molecule has 0 radical (unpaired) electrons. The van der Waals surface area contributed by atoms with Gasteiger partial charge in [-0.05, 0) is 0 Å². The summed E-state index contributed by atoms with van der Waals surface area (Å²) in [5.41, 5.74) is 0. The monoisotopic (exact) mass is 284 g/mol. The zero-order valence-electron chi connectivity index (χ0n) is 8.35. The van der Waals surface area contributed by atoms with Crippen molar-refractivity contribution in [2.24, 2.45) is 0 Å². The Hall–Kier alpha value is 3.43. The van der Waals surface area contributed by atoms with Gasteiger partial charge >= 0.3 is 83.5 Å². The van der Waals surface area contributed by atoms with E-state index in [1.54, 1.807) is 0 Å². The molecular formula is H14AlFeKMgO6Si. The SMILES string of the molecule is O.O.O[Si](O)(O)O.[AlH3].[Fe].[H-].[H-].[H-].[K+].[Mg+2]. The van der Waals surface area contributed by atoms with E-state index in [0.29, 0.717) is 0 Å². The molecule has 0 aliphatic carbocycles. The summed E-state index contributed by atoms with van der Waals surface area (Å²) in [7, 11) is -4.61. The van der Waals surface area contributed by atoms with Crippen molar-refractivity contribution in [3.8, 4) is 0 Å². The Morgan fingerprint density at radius 2 is 0.909 bits per heavy atom. The quantitative estimate of drug-likeness (QED) is 0.327. The molecular weight excluding hydrogens is 270 g/mol. The van der Waals surface area contributed by atoms with Gasteiger partial charge in [0.2, 0.25) is 0 Å². The molecule has 0 rings (SSSR count). The van der Waals surface area contributed by atoms with Gasteiger partial charge in [0, 0.05) is 17.1 Å². The molecule has 11 heteroatoms. The van der Waals surface area contributed by atoms with Gasteiger partial charge in [-0.15, -0.1) is 0 Å². The average molecular weight is 284 g/mol. The molecule has 0 heterocycles. The molecule has 0 unspecified atom stereocenters. The molecule has 68 valence electrons. The van der Waals surface area contributed by atoms with Crippen molar-refractivity contribution in [1.29, 1.82) is 0 Å². The second-order valence-corrected chi connectivity index (χ2v) is 1.80. The third-order valence-electron chi connectivity index (χ3n) is 0. The van der Waals surface area contributed by atoms with Crippen LogP contribution in [0.25, 0.3) is 0 Å². The first kappa shape index (κ1) is 47.1. The van der Waals surface area contributed by atoms with E-state index in [2.05, 4.69) is 0 Å². The van der Waals surface area contributed by atoms with E-state index < -0.39 is 9.05 Å². The maximum Gasteiger partial charge on any atom is 2.00 e. The van der Waals surface area contributed by atoms with Crippen LogP contribution in [-0.4, -0.2) is 79.6 Å². The molecule has 0 atom stereocenters. The molecule has 0 aromatic carbocycles. The molecule has 11 heavy (non-hydrogen) atoms. The first-order chi connectivity index (χ1) is 2.00. The van der Waals surface area contributed by atoms with Crippen LogP contribution < -0.4 is 51.4 Å². The van der Waals surface area contributed by atoms with Gasteiger partial charge < -0.3 is 34.4 Å². The number of rotatable bonds is 0. The van der Waals surface area contributed by atoms with Crippen LogP contribution in [-0.2, 0) is 17.1 Å². The zero-order chi connectivity index (χ0) is 4.50. The van der Waals surface area contributed by atoms with Crippen molar-refractivity contribution in [2.75, 3.05) is 0 Å². The molecule has 0 aromatic heterocycles. The molecule has 0 aliphatic heterocycles. The Balaban J connectivity index is -0.00000000222. The fourth-order valence-corrected chi connectivity index (χ4v) is 0. The summed E-state index contributed by atoms with van der Waals surface area (Å²) in [4.78, 5) is 29.3. The smallest absolute Gasteiger partial charge is 1.00 e. The van der Waals surface area contributed by atoms with Crippen molar-refractivity contribution < 1.29 is 103 Å². The maximum atomic E-state index is 7.33. The van der Waals surface area contributed by atoms with Crippen LogP contribution in [0.15, 0.2) is 0 Å². The van der Waals surface area contributed by atoms with Gasteiger partial charge in [0.25, 0.3) is 0 Å². The third kappa shape index (κ3) is 149.